The third kappa shape index (κ3) is 2.22. The lowest BCUT2D eigenvalue weighted by Gasteiger charge is -2.02. The first-order chi connectivity index (χ1) is 7.29. The number of nitrogens with zero attached hydrogens (tertiary/aromatic N) is 2. The summed E-state index contributed by atoms with van der Waals surface area (Å²) in [4.78, 5) is 8.36. The molecule has 0 unspecified atom stereocenters. The van der Waals surface area contributed by atoms with Crippen LogP contribution in [-0.2, 0) is 6.42 Å². The van der Waals surface area contributed by atoms with Crippen LogP contribution in [0.4, 0.5) is 5.82 Å². The van der Waals surface area contributed by atoms with Crippen molar-refractivity contribution in [3.8, 4) is 0 Å². The minimum absolute atomic E-state index is 0.214. The van der Waals surface area contributed by atoms with E-state index in [1.54, 1.807) is 6.20 Å². The van der Waals surface area contributed by atoms with E-state index < -0.39 is 0 Å². The summed E-state index contributed by atoms with van der Waals surface area (Å²) in [6, 6.07) is 5.88. The van der Waals surface area contributed by atoms with E-state index in [-0.39, 0.29) is 6.61 Å². The number of nitrogens with two attached hydrogens (primary N) is 1. The van der Waals surface area contributed by atoms with Gasteiger partial charge in [-0.3, -0.25) is 4.98 Å². The van der Waals surface area contributed by atoms with Gasteiger partial charge in [0.15, 0.2) is 0 Å². The Morgan fingerprint density at radius 3 is 2.93 bits per heavy atom. The number of rotatable bonds is 3. The second-order valence-corrected chi connectivity index (χ2v) is 3.45. The molecule has 1 aromatic carbocycles. The fraction of sp³-hybridized carbons (Fsp3) is 0.273. The number of aliphatic hydroxyl groups is 1. The van der Waals surface area contributed by atoms with Crippen LogP contribution >= 0.6 is 0 Å². The maximum Gasteiger partial charge on any atom is 0.142 e. The van der Waals surface area contributed by atoms with E-state index in [1.807, 2.05) is 18.2 Å². The van der Waals surface area contributed by atoms with Crippen LogP contribution in [0.25, 0.3) is 11.0 Å². The Morgan fingerprint density at radius 1 is 1.27 bits per heavy atom. The van der Waals surface area contributed by atoms with Crippen molar-refractivity contribution in [2.24, 2.45) is 0 Å². The Labute approximate surface area is 87.8 Å². The molecule has 78 valence electrons. The molecule has 3 N–H and O–H groups in total. The summed E-state index contributed by atoms with van der Waals surface area (Å²) in [5, 5.41) is 8.73. The lowest BCUT2D eigenvalue weighted by Crippen LogP contribution is -1.94. The van der Waals surface area contributed by atoms with E-state index >= 15 is 0 Å². The molecule has 0 atom stereocenters. The molecule has 0 aliphatic carbocycles. The SMILES string of the molecule is Nc1cnc2cc(CCCO)ccc2n1. The molecule has 4 heteroatoms. The van der Waals surface area contributed by atoms with Crippen LogP contribution in [0.1, 0.15) is 12.0 Å². The number of hydrogen-bond acceptors (Lipinski definition) is 4. The first-order valence-corrected chi connectivity index (χ1v) is 4.91. The summed E-state index contributed by atoms with van der Waals surface area (Å²) in [7, 11) is 0. The maximum atomic E-state index is 8.73. The van der Waals surface area contributed by atoms with Gasteiger partial charge in [0.25, 0.3) is 0 Å². The van der Waals surface area contributed by atoms with Gasteiger partial charge in [-0.25, -0.2) is 4.98 Å². The fourth-order valence-corrected chi connectivity index (χ4v) is 1.51. The molecular weight excluding hydrogens is 190 g/mol. The predicted octanol–water partition coefficient (Wildman–Crippen LogP) is 1.14. The third-order valence-electron chi connectivity index (χ3n) is 2.25. The molecule has 15 heavy (non-hydrogen) atoms. The minimum atomic E-state index is 0.214. The molecule has 2 aromatic rings. The summed E-state index contributed by atoms with van der Waals surface area (Å²) < 4.78 is 0. The molecule has 0 aliphatic rings. The number of benzene rings is 1. The van der Waals surface area contributed by atoms with Crippen LogP contribution in [0.2, 0.25) is 0 Å². The number of anilines is 1. The average Bonchev–Trinajstić information content (AvgIpc) is 2.26. The Morgan fingerprint density at radius 2 is 2.13 bits per heavy atom. The van der Waals surface area contributed by atoms with Gasteiger partial charge in [0.2, 0.25) is 0 Å². The largest absolute Gasteiger partial charge is 0.396 e. The van der Waals surface area contributed by atoms with Crippen molar-refractivity contribution in [2.45, 2.75) is 12.8 Å². The van der Waals surface area contributed by atoms with Crippen LogP contribution < -0.4 is 5.73 Å². The molecule has 4 nitrogen and oxygen atoms in total. The van der Waals surface area contributed by atoms with Crippen molar-refractivity contribution in [2.75, 3.05) is 12.3 Å². The van der Waals surface area contributed by atoms with Crippen molar-refractivity contribution in [3.63, 3.8) is 0 Å². The molecule has 0 spiro atoms. The predicted molar refractivity (Wildman–Crippen MR) is 59.4 cm³/mol. The second-order valence-electron chi connectivity index (χ2n) is 3.45. The summed E-state index contributed by atoms with van der Waals surface area (Å²) in [5.74, 6) is 0.436. The van der Waals surface area contributed by atoms with Gasteiger partial charge in [0.1, 0.15) is 5.82 Å². The van der Waals surface area contributed by atoms with Crippen LogP contribution in [0, 0.1) is 0 Å². The van der Waals surface area contributed by atoms with Crippen molar-refractivity contribution >= 4 is 16.9 Å². The van der Waals surface area contributed by atoms with Crippen molar-refractivity contribution in [1.29, 1.82) is 0 Å². The highest BCUT2D eigenvalue weighted by atomic mass is 16.2. The molecule has 1 heterocycles. The van der Waals surface area contributed by atoms with E-state index in [2.05, 4.69) is 9.97 Å². The molecule has 0 saturated carbocycles. The average molecular weight is 203 g/mol. The molecule has 0 amide bonds. The highest BCUT2D eigenvalue weighted by Gasteiger charge is 1.99. The van der Waals surface area contributed by atoms with Crippen molar-refractivity contribution < 1.29 is 5.11 Å². The van der Waals surface area contributed by atoms with E-state index in [4.69, 9.17) is 10.8 Å². The van der Waals surface area contributed by atoms with Crippen LogP contribution in [0.5, 0.6) is 0 Å². The molecule has 0 bridgehead atoms. The van der Waals surface area contributed by atoms with Crippen LogP contribution in [-0.4, -0.2) is 21.7 Å². The Balaban J connectivity index is 2.34. The quantitative estimate of drug-likeness (QED) is 0.784. The van der Waals surface area contributed by atoms with Crippen LogP contribution in [0.15, 0.2) is 24.4 Å². The van der Waals surface area contributed by atoms with Gasteiger partial charge < -0.3 is 10.8 Å². The normalized spacial score (nSPS) is 10.7. The lowest BCUT2D eigenvalue weighted by molar-refractivity contribution is 0.288. The smallest absolute Gasteiger partial charge is 0.142 e. The summed E-state index contributed by atoms with van der Waals surface area (Å²) >= 11 is 0. The van der Waals surface area contributed by atoms with Crippen molar-refractivity contribution in [3.05, 3.63) is 30.0 Å². The zero-order valence-corrected chi connectivity index (χ0v) is 8.35. The fourth-order valence-electron chi connectivity index (χ4n) is 1.51. The van der Waals surface area contributed by atoms with Gasteiger partial charge in [-0.2, -0.15) is 0 Å². The number of fused-ring (bicyclic) bond motifs is 1. The highest BCUT2D eigenvalue weighted by molar-refractivity contribution is 5.75. The molecule has 0 fully saturated rings. The van der Waals surface area contributed by atoms with Gasteiger partial charge in [-0.05, 0) is 30.5 Å². The first-order valence-electron chi connectivity index (χ1n) is 4.91. The zero-order chi connectivity index (χ0) is 10.7. The van der Waals surface area contributed by atoms with Gasteiger partial charge in [0, 0.05) is 6.61 Å². The molecule has 2 rings (SSSR count). The summed E-state index contributed by atoms with van der Waals surface area (Å²) in [6.07, 6.45) is 3.19. The van der Waals surface area contributed by atoms with Crippen molar-refractivity contribution in [1.82, 2.24) is 9.97 Å². The summed E-state index contributed by atoms with van der Waals surface area (Å²) in [5.41, 5.74) is 8.35. The van der Waals surface area contributed by atoms with E-state index in [1.165, 1.54) is 0 Å². The van der Waals surface area contributed by atoms with Gasteiger partial charge in [0.05, 0.1) is 17.2 Å². The Hall–Kier alpha value is -1.68. The number of aryl methyl sites for hydroxylation is 1. The zero-order valence-electron chi connectivity index (χ0n) is 8.35. The number of nitrogen functional groups attached to an aromatic ring is 1. The number of hydrogen-bond donors (Lipinski definition) is 2. The number of aromatic nitrogens is 2. The molecule has 0 saturated heterocycles. The highest BCUT2D eigenvalue weighted by Crippen LogP contribution is 2.13. The monoisotopic (exact) mass is 203 g/mol. The van der Waals surface area contributed by atoms with Gasteiger partial charge >= 0.3 is 0 Å². The van der Waals surface area contributed by atoms with Crippen LogP contribution in [0.3, 0.4) is 0 Å². The molecule has 1 aromatic heterocycles. The van der Waals surface area contributed by atoms with Gasteiger partial charge in [-0.1, -0.05) is 6.07 Å². The Bertz CT molecular complexity index is 470. The van der Waals surface area contributed by atoms with E-state index in [0.717, 1.165) is 29.4 Å². The lowest BCUT2D eigenvalue weighted by atomic mass is 10.1. The van der Waals surface area contributed by atoms with E-state index in [9.17, 15) is 0 Å². The van der Waals surface area contributed by atoms with Gasteiger partial charge in [-0.15, -0.1) is 0 Å². The summed E-state index contributed by atoms with van der Waals surface area (Å²) in [6.45, 7) is 0.214. The Kier molecular flexibility index (Phi) is 2.78. The standard InChI is InChI=1S/C11H13N3O/c12-11-7-13-10-6-8(2-1-5-15)3-4-9(10)14-11/h3-4,6-7,15H,1-2,5H2,(H2,12,14). The number of aliphatic hydroxyl groups excluding tert-OH is 1. The molecular formula is C11H13N3O. The first kappa shape index (κ1) is 9.86. The second kappa shape index (κ2) is 4.23. The van der Waals surface area contributed by atoms with E-state index in [0.29, 0.717) is 5.82 Å². The molecule has 0 aliphatic heterocycles. The maximum absolute atomic E-state index is 8.73. The minimum Gasteiger partial charge on any atom is -0.396 e. The molecule has 0 radical (unpaired) electrons. The third-order valence-corrected chi connectivity index (χ3v) is 2.25. The topological polar surface area (TPSA) is 72.0 Å².